The Bertz CT molecular complexity index is 662. The molecule has 5 heteroatoms. The zero-order chi connectivity index (χ0) is 14.8. The highest BCUT2D eigenvalue weighted by Crippen LogP contribution is 2.31. The summed E-state index contributed by atoms with van der Waals surface area (Å²) in [5, 5.41) is 8.91. The summed E-state index contributed by atoms with van der Waals surface area (Å²) in [6.45, 7) is 0. The predicted octanol–water partition coefficient (Wildman–Crippen LogP) is 3.62. The van der Waals surface area contributed by atoms with Crippen LogP contribution in [0.4, 0.5) is 4.39 Å². The molecule has 0 aromatic heterocycles. The van der Waals surface area contributed by atoms with Gasteiger partial charge in [-0.2, -0.15) is 0 Å². The molecule has 1 aliphatic heterocycles. The maximum Gasteiger partial charge on any atom is 0.338 e. The molecule has 0 saturated heterocycles. The van der Waals surface area contributed by atoms with Crippen LogP contribution in [0.1, 0.15) is 15.9 Å². The van der Waals surface area contributed by atoms with Crippen molar-refractivity contribution in [2.24, 2.45) is 0 Å². The molecular weight excluding hydrogens is 291 g/mol. The van der Waals surface area contributed by atoms with E-state index < -0.39 is 11.8 Å². The summed E-state index contributed by atoms with van der Waals surface area (Å²) in [7, 11) is 0. The molecule has 108 valence electrons. The molecule has 1 atom stereocenters. The van der Waals surface area contributed by atoms with E-state index in [1.807, 2.05) is 24.3 Å². The molecule has 1 aliphatic rings. The number of hydrogen-bond acceptors (Lipinski definition) is 3. The zero-order valence-corrected chi connectivity index (χ0v) is 11.9. The fourth-order valence-corrected chi connectivity index (χ4v) is 3.22. The largest absolute Gasteiger partial charge is 0.489 e. The Morgan fingerprint density at radius 2 is 2.14 bits per heavy atom. The average molecular weight is 304 g/mol. The lowest BCUT2D eigenvalue weighted by Crippen LogP contribution is -2.15. The number of carbonyl (C=O) groups is 1. The molecule has 21 heavy (non-hydrogen) atoms. The third kappa shape index (κ3) is 3.03. The van der Waals surface area contributed by atoms with E-state index >= 15 is 0 Å². The van der Waals surface area contributed by atoms with E-state index in [1.54, 1.807) is 6.07 Å². The molecule has 1 heterocycles. The number of para-hydroxylation sites is 1. The highest BCUT2D eigenvalue weighted by molar-refractivity contribution is 7.99. The first-order chi connectivity index (χ1) is 10.1. The number of aromatic carboxylic acids is 1. The van der Waals surface area contributed by atoms with Crippen LogP contribution in [-0.2, 0) is 6.42 Å². The Hall–Kier alpha value is -2.01. The van der Waals surface area contributed by atoms with Gasteiger partial charge in [0.05, 0.1) is 5.56 Å². The summed E-state index contributed by atoms with van der Waals surface area (Å²) < 4.78 is 19.1. The van der Waals surface area contributed by atoms with E-state index in [0.29, 0.717) is 5.75 Å². The minimum Gasteiger partial charge on any atom is -0.489 e. The van der Waals surface area contributed by atoms with Crippen molar-refractivity contribution in [1.29, 1.82) is 0 Å². The molecule has 0 fully saturated rings. The number of carboxylic acid groups (broad SMARTS) is 1. The van der Waals surface area contributed by atoms with E-state index in [2.05, 4.69) is 0 Å². The average Bonchev–Trinajstić information content (AvgIpc) is 2.89. The lowest BCUT2D eigenvalue weighted by atomic mass is 10.1. The molecule has 3 rings (SSSR count). The summed E-state index contributed by atoms with van der Waals surface area (Å²) in [6.07, 6.45) is 0.904. The number of fused-ring (bicyclic) bond motifs is 1. The molecule has 0 radical (unpaired) electrons. The summed E-state index contributed by atoms with van der Waals surface area (Å²) >= 11 is 1.47. The van der Waals surface area contributed by atoms with Crippen molar-refractivity contribution >= 4 is 17.7 Å². The summed E-state index contributed by atoms with van der Waals surface area (Å²) in [5.74, 6) is -0.358. The van der Waals surface area contributed by atoms with Gasteiger partial charge in [-0.05, 0) is 29.8 Å². The van der Waals surface area contributed by atoms with Gasteiger partial charge < -0.3 is 9.84 Å². The second-order valence-corrected chi connectivity index (χ2v) is 5.90. The first kappa shape index (κ1) is 13.9. The Morgan fingerprint density at radius 1 is 1.33 bits per heavy atom. The molecule has 2 aromatic carbocycles. The Kier molecular flexibility index (Phi) is 3.84. The van der Waals surface area contributed by atoms with Crippen LogP contribution in [0, 0.1) is 5.82 Å². The molecule has 0 amide bonds. The van der Waals surface area contributed by atoms with Crippen LogP contribution >= 0.6 is 11.8 Å². The number of thioether (sulfide) groups is 1. The standard InChI is InChI=1S/C16H13FO3S/c17-14-6-5-12(8-13(14)16(18)19)21-9-11-7-10-3-1-2-4-15(10)20-11/h1-6,8,11H,7,9H2,(H,18,19). The highest BCUT2D eigenvalue weighted by Gasteiger charge is 2.22. The quantitative estimate of drug-likeness (QED) is 0.876. The Morgan fingerprint density at radius 3 is 2.90 bits per heavy atom. The molecule has 3 nitrogen and oxygen atoms in total. The third-order valence-corrected chi connectivity index (χ3v) is 4.44. The first-order valence-corrected chi connectivity index (χ1v) is 7.52. The third-order valence-electron chi connectivity index (χ3n) is 3.32. The first-order valence-electron chi connectivity index (χ1n) is 6.53. The van der Waals surface area contributed by atoms with Crippen molar-refractivity contribution in [3.05, 3.63) is 59.4 Å². The van der Waals surface area contributed by atoms with Gasteiger partial charge in [0.1, 0.15) is 17.7 Å². The lowest BCUT2D eigenvalue weighted by molar-refractivity contribution is 0.0691. The fourth-order valence-electron chi connectivity index (χ4n) is 2.29. The van der Waals surface area contributed by atoms with Crippen LogP contribution in [0.15, 0.2) is 47.4 Å². The molecule has 0 aliphatic carbocycles. The molecule has 1 unspecified atom stereocenters. The lowest BCUT2D eigenvalue weighted by Gasteiger charge is -2.10. The maximum atomic E-state index is 13.3. The molecule has 0 bridgehead atoms. The van der Waals surface area contributed by atoms with Crippen molar-refractivity contribution < 1.29 is 19.0 Å². The van der Waals surface area contributed by atoms with Crippen LogP contribution in [0.3, 0.4) is 0 Å². The molecule has 0 spiro atoms. The van der Waals surface area contributed by atoms with Crippen molar-refractivity contribution in [1.82, 2.24) is 0 Å². The number of halogens is 1. The van der Waals surface area contributed by atoms with Crippen molar-refractivity contribution in [3.8, 4) is 5.75 Å². The van der Waals surface area contributed by atoms with Gasteiger partial charge in [0.25, 0.3) is 0 Å². The van der Waals surface area contributed by atoms with E-state index in [9.17, 15) is 9.18 Å². The fraction of sp³-hybridized carbons (Fsp3) is 0.188. The minimum atomic E-state index is -1.25. The predicted molar refractivity (Wildman–Crippen MR) is 78.6 cm³/mol. The highest BCUT2D eigenvalue weighted by atomic mass is 32.2. The molecule has 2 aromatic rings. The summed E-state index contributed by atoms with van der Waals surface area (Å²) in [6, 6.07) is 12.1. The second-order valence-electron chi connectivity index (χ2n) is 4.81. The Balaban J connectivity index is 1.64. The number of ether oxygens (including phenoxy) is 1. The van der Waals surface area contributed by atoms with Crippen molar-refractivity contribution in [2.45, 2.75) is 17.4 Å². The van der Waals surface area contributed by atoms with Gasteiger partial charge in [0.2, 0.25) is 0 Å². The van der Waals surface area contributed by atoms with E-state index in [-0.39, 0.29) is 11.7 Å². The summed E-state index contributed by atoms with van der Waals surface area (Å²) in [4.78, 5) is 11.6. The molecule has 0 saturated carbocycles. The van der Waals surface area contributed by atoms with Crippen LogP contribution < -0.4 is 4.74 Å². The number of benzene rings is 2. The van der Waals surface area contributed by atoms with E-state index in [0.717, 1.165) is 17.1 Å². The van der Waals surface area contributed by atoms with Crippen molar-refractivity contribution in [2.75, 3.05) is 5.75 Å². The minimum absolute atomic E-state index is 0.0609. The normalized spacial score (nSPS) is 16.3. The van der Waals surface area contributed by atoms with Gasteiger partial charge in [-0.1, -0.05) is 18.2 Å². The smallest absolute Gasteiger partial charge is 0.338 e. The van der Waals surface area contributed by atoms with Gasteiger partial charge in [-0.25, -0.2) is 9.18 Å². The van der Waals surface area contributed by atoms with Crippen LogP contribution in [0.2, 0.25) is 0 Å². The number of rotatable bonds is 4. The Labute approximate surface area is 125 Å². The number of hydrogen-bond donors (Lipinski definition) is 1. The van der Waals surface area contributed by atoms with Crippen molar-refractivity contribution in [3.63, 3.8) is 0 Å². The molecule has 1 N–H and O–H groups in total. The molecular formula is C16H13FO3S. The maximum absolute atomic E-state index is 13.3. The number of carboxylic acids is 1. The van der Waals surface area contributed by atoms with Gasteiger partial charge >= 0.3 is 5.97 Å². The van der Waals surface area contributed by atoms with Gasteiger partial charge in [-0.15, -0.1) is 11.8 Å². The van der Waals surface area contributed by atoms with Crippen LogP contribution in [-0.4, -0.2) is 22.9 Å². The van der Waals surface area contributed by atoms with Crippen LogP contribution in [0.25, 0.3) is 0 Å². The van der Waals surface area contributed by atoms with E-state index in [4.69, 9.17) is 9.84 Å². The van der Waals surface area contributed by atoms with Crippen LogP contribution in [0.5, 0.6) is 5.75 Å². The topological polar surface area (TPSA) is 46.5 Å². The zero-order valence-electron chi connectivity index (χ0n) is 11.1. The SMILES string of the molecule is O=C(O)c1cc(SCC2Cc3ccccc3O2)ccc1F. The van der Waals surface area contributed by atoms with Gasteiger partial charge in [0, 0.05) is 17.1 Å². The second kappa shape index (κ2) is 5.77. The monoisotopic (exact) mass is 304 g/mol. The summed E-state index contributed by atoms with van der Waals surface area (Å²) in [5.41, 5.74) is 0.893. The van der Waals surface area contributed by atoms with E-state index in [1.165, 1.54) is 29.5 Å². The van der Waals surface area contributed by atoms with Gasteiger partial charge in [-0.3, -0.25) is 0 Å². The van der Waals surface area contributed by atoms with Gasteiger partial charge in [0.15, 0.2) is 0 Å².